The van der Waals surface area contributed by atoms with Gasteiger partial charge in [-0.1, -0.05) is 24.8 Å². The lowest BCUT2D eigenvalue weighted by Crippen LogP contribution is -2.31. The van der Waals surface area contributed by atoms with Gasteiger partial charge in [-0.05, 0) is 12.1 Å². The first kappa shape index (κ1) is 13.9. The number of hydrogen-bond donors (Lipinski definition) is 1. The van der Waals surface area contributed by atoms with Crippen LogP contribution in [0.1, 0.15) is 6.42 Å². The molecule has 0 radical (unpaired) electrons. The van der Waals surface area contributed by atoms with Gasteiger partial charge in [0, 0.05) is 37.8 Å². The second-order valence-electron chi connectivity index (χ2n) is 4.01. The van der Waals surface area contributed by atoms with Gasteiger partial charge < -0.3 is 10.2 Å². The Hall–Kier alpha value is -2.21. The van der Waals surface area contributed by atoms with Crippen LogP contribution in [0.5, 0.6) is 0 Å². The highest BCUT2D eigenvalue weighted by Crippen LogP contribution is 2.12. The number of benzene rings is 1. The number of hydrogen-bond acceptors (Lipinski definition) is 2. The van der Waals surface area contributed by atoms with Gasteiger partial charge in [0.05, 0.1) is 0 Å². The van der Waals surface area contributed by atoms with E-state index in [0.717, 1.165) is 5.69 Å². The summed E-state index contributed by atoms with van der Waals surface area (Å²) in [6.45, 7) is 4.77. The molecule has 0 saturated heterocycles. The molecule has 0 aliphatic rings. The average molecular weight is 242 g/mol. The Morgan fingerprint density at radius 3 is 2.72 bits per heavy atom. The van der Waals surface area contributed by atoms with Crippen LogP contribution in [0.2, 0.25) is 0 Å². The number of para-hydroxylation sites is 1. The molecule has 3 heteroatoms. The summed E-state index contributed by atoms with van der Waals surface area (Å²) in [5, 5.41) is 2.73. The van der Waals surface area contributed by atoms with E-state index in [2.05, 4.69) is 17.8 Å². The summed E-state index contributed by atoms with van der Waals surface area (Å²) in [7, 11) is 1.93. The first-order valence-electron chi connectivity index (χ1n) is 5.80. The number of likely N-dealkylation sites (N-methyl/N-ethyl adjacent to an activating group) is 1. The fourth-order valence-electron chi connectivity index (χ4n) is 1.51. The zero-order valence-electron chi connectivity index (χ0n) is 10.6. The maximum Gasteiger partial charge on any atom is 0.248 e. The third kappa shape index (κ3) is 4.34. The van der Waals surface area contributed by atoms with Crippen molar-refractivity contribution in [2.75, 3.05) is 25.0 Å². The van der Waals surface area contributed by atoms with E-state index in [1.807, 2.05) is 42.3 Å². The highest BCUT2D eigenvalue weighted by molar-refractivity contribution is 5.93. The fourth-order valence-corrected chi connectivity index (χ4v) is 1.51. The predicted molar refractivity (Wildman–Crippen MR) is 75.3 cm³/mol. The lowest BCUT2D eigenvalue weighted by Gasteiger charge is -2.20. The van der Waals surface area contributed by atoms with Gasteiger partial charge in [-0.15, -0.1) is 12.3 Å². The van der Waals surface area contributed by atoms with Crippen molar-refractivity contribution >= 4 is 11.6 Å². The van der Waals surface area contributed by atoms with Gasteiger partial charge in [0.1, 0.15) is 0 Å². The van der Waals surface area contributed by atoms with E-state index in [4.69, 9.17) is 6.42 Å². The third-order valence-corrected chi connectivity index (χ3v) is 2.50. The van der Waals surface area contributed by atoms with Crippen LogP contribution in [0, 0.1) is 12.3 Å². The van der Waals surface area contributed by atoms with Crippen LogP contribution < -0.4 is 10.2 Å². The summed E-state index contributed by atoms with van der Waals surface area (Å²) in [5.74, 6) is 2.33. The largest absolute Gasteiger partial charge is 0.370 e. The zero-order chi connectivity index (χ0) is 13.4. The predicted octanol–water partition coefficient (Wildman–Crippen LogP) is 1.82. The van der Waals surface area contributed by atoms with Crippen molar-refractivity contribution in [2.45, 2.75) is 6.42 Å². The molecule has 3 nitrogen and oxygen atoms in total. The standard InChI is InChI=1S/C15H18N2O/c1-4-5-11-16-15(18)13(2)12-17(3)14-9-7-6-8-10-14/h1,6-10H,2,5,11-12H2,3H3,(H,16,18). The zero-order valence-corrected chi connectivity index (χ0v) is 10.6. The van der Waals surface area contributed by atoms with Crippen LogP contribution >= 0.6 is 0 Å². The summed E-state index contributed by atoms with van der Waals surface area (Å²) < 4.78 is 0. The van der Waals surface area contributed by atoms with Crippen LogP contribution in [-0.2, 0) is 4.79 Å². The van der Waals surface area contributed by atoms with Crippen LogP contribution in [0.4, 0.5) is 5.69 Å². The van der Waals surface area contributed by atoms with E-state index >= 15 is 0 Å². The molecular weight excluding hydrogens is 224 g/mol. The molecule has 0 aliphatic heterocycles. The fraction of sp³-hybridized carbons (Fsp3) is 0.267. The monoisotopic (exact) mass is 242 g/mol. The van der Waals surface area contributed by atoms with Crippen LogP contribution in [0.3, 0.4) is 0 Å². The number of carbonyl (C=O) groups excluding carboxylic acids is 1. The summed E-state index contributed by atoms with van der Waals surface area (Å²) >= 11 is 0. The number of nitrogens with zero attached hydrogens (tertiary/aromatic N) is 1. The Labute approximate surface area is 108 Å². The van der Waals surface area contributed by atoms with Crippen molar-refractivity contribution < 1.29 is 4.79 Å². The third-order valence-electron chi connectivity index (χ3n) is 2.50. The van der Waals surface area contributed by atoms with E-state index in [-0.39, 0.29) is 5.91 Å². The van der Waals surface area contributed by atoms with Crippen molar-refractivity contribution in [1.29, 1.82) is 0 Å². The SMILES string of the molecule is C#CCCNC(=O)C(=C)CN(C)c1ccccc1. The number of nitrogens with one attached hydrogen (secondary N) is 1. The molecule has 1 rings (SSSR count). The van der Waals surface area contributed by atoms with Crippen molar-refractivity contribution in [2.24, 2.45) is 0 Å². The highest BCUT2D eigenvalue weighted by atomic mass is 16.1. The highest BCUT2D eigenvalue weighted by Gasteiger charge is 2.09. The minimum absolute atomic E-state index is 0.145. The molecule has 1 N–H and O–H groups in total. The maximum absolute atomic E-state index is 11.7. The average Bonchev–Trinajstić information content (AvgIpc) is 2.39. The van der Waals surface area contributed by atoms with E-state index in [0.29, 0.717) is 25.1 Å². The molecule has 0 atom stereocenters. The Kier molecular flexibility index (Phi) is 5.53. The van der Waals surface area contributed by atoms with Crippen molar-refractivity contribution in [3.8, 4) is 12.3 Å². The number of anilines is 1. The quantitative estimate of drug-likeness (QED) is 0.469. The van der Waals surface area contributed by atoms with Gasteiger partial charge in [-0.2, -0.15) is 0 Å². The van der Waals surface area contributed by atoms with E-state index < -0.39 is 0 Å². The van der Waals surface area contributed by atoms with Crippen LogP contribution in [0.15, 0.2) is 42.5 Å². The van der Waals surface area contributed by atoms with Crippen molar-refractivity contribution in [1.82, 2.24) is 5.32 Å². The molecule has 0 saturated carbocycles. The Bertz CT molecular complexity index is 445. The Morgan fingerprint density at radius 2 is 2.11 bits per heavy atom. The Morgan fingerprint density at radius 1 is 1.44 bits per heavy atom. The number of rotatable bonds is 6. The summed E-state index contributed by atoms with van der Waals surface area (Å²) in [6, 6.07) is 9.86. The maximum atomic E-state index is 11.7. The smallest absolute Gasteiger partial charge is 0.248 e. The molecule has 1 amide bonds. The molecule has 0 aromatic heterocycles. The van der Waals surface area contributed by atoms with Gasteiger partial charge in [-0.25, -0.2) is 0 Å². The van der Waals surface area contributed by atoms with Gasteiger partial charge in [0.25, 0.3) is 0 Å². The molecule has 1 aromatic carbocycles. The second-order valence-corrected chi connectivity index (χ2v) is 4.01. The van der Waals surface area contributed by atoms with E-state index in [9.17, 15) is 4.79 Å². The first-order valence-corrected chi connectivity index (χ1v) is 5.80. The molecule has 1 aromatic rings. The number of terminal acetylenes is 1. The lowest BCUT2D eigenvalue weighted by molar-refractivity contribution is -0.117. The second kappa shape index (κ2) is 7.18. The molecular formula is C15H18N2O. The molecule has 0 bridgehead atoms. The van der Waals surface area contributed by atoms with Crippen LogP contribution in [0.25, 0.3) is 0 Å². The van der Waals surface area contributed by atoms with Crippen molar-refractivity contribution in [3.05, 3.63) is 42.5 Å². The molecule has 0 aliphatic carbocycles. The number of carbonyl (C=O) groups is 1. The van der Waals surface area contributed by atoms with Gasteiger partial charge >= 0.3 is 0 Å². The first-order chi connectivity index (χ1) is 8.65. The van der Waals surface area contributed by atoms with Gasteiger partial charge in [0.2, 0.25) is 5.91 Å². The van der Waals surface area contributed by atoms with Gasteiger partial charge in [0.15, 0.2) is 0 Å². The minimum Gasteiger partial charge on any atom is -0.370 e. The normalized spacial score (nSPS) is 9.33. The molecule has 94 valence electrons. The van der Waals surface area contributed by atoms with Crippen LogP contribution in [-0.4, -0.2) is 26.0 Å². The summed E-state index contributed by atoms with van der Waals surface area (Å²) in [6.07, 6.45) is 5.65. The molecule has 0 spiro atoms. The Balaban J connectivity index is 2.45. The molecule has 18 heavy (non-hydrogen) atoms. The topological polar surface area (TPSA) is 32.3 Å². The minimum atomic E-state index is -0.145. The molecule has 0 unspecified atom stereocenters. The molecule has 0 fully saturated rings. The summed E-state index contributed by atoms with van der Waals surface area (Å²) in [4.78, 5) is 13.7. The van der Waals surface area contributed by atoms with E-state index in [1.165, 1.54) is 0 Å². The molecule has 0 heterocycles. The van der Waals surface area contributed by atoms with Gasteiger partial charge in [-0.3, -0.25) is 4.79 Å². The van der Waals surface area contributed by atoms with Crippen molar-refractivity contribution in [3.63, 3.8) is 0 Å². The number of amides is 1. The summed E-state index contributed by atoms with van der Waals surface area (Å²) in [5.41, 5.74) is 1.58. The lowest BCUT2D eigenvalue weighted by atomic mass is 10.2. The van der Waals surface area contributed by atoms with E-state index in [1.54, 1.807) is 0 Å².